The topological polar surface area (TPSA) is 79.4 Å². The van der Waals surface area contributed by atoms with Crippen molar-refractivity contribution in [2.45, 2.75) is 12.8 Å². The molecule has 1 atom stereocenters. The monoisotopic (exact) mass is 441 g/mol. The van der Waals surface area contributed by atoms with Crippen LogP contribution in [0.25, 0.3) is 10.2 Å². The number of benzene rings is 1. The third kappa shape index (κ3) is 2.26. The lowest BCUT2D eigenvalue weighted by atomic mass is 9.85. The van der Waals surface area contributed by atoms with Crippen LogP contribution >= 0.6 is 33.9 Å². The smallest absolute Gasteiger partial charge is 0.255 e. The molecule has 2 fully saturated rings. The molecule has 0 bridgehead atoms. The van der Waals surface area contributed by atoms with Crippen molar-refractivity contribution < 1.29 is 14.4 Å². The van der Waals surface area contributed by atoms with Gasteiger partial charge in [0.1, 0.15) is 0 Å². The van der Waals surface area contributed by atoms with Crippen LogP contribution in [0, 0.1) is 8.99 Å². The number of hydrogen-bond acceptors (Lipinski definition) is 5. The number of imide groups is 1. The van der Waals surface area contributed by atoms with Crippen molar-refractivity contribution in [2.24, 2.45) is 5.41 Å². The Balaban J connectivity index is 1.63. The van der Waals surface area contributed by atoms with Gasteiger partial charge >= 0.3 is 0 Å². The third-order valence-electron chi connectivity index (χ3n) is 4.55. The van der Waals surface area contributed by atoms with E-state index in [1.165, 1.54) is 11.3 Å². The van der Waals surface area contributed by atoms with Gasteiger partial charge in [-0.15, -0.1) is 11.3 Å². The number of likely N-dealkylation sites (tertiary alicyclic amines) is 1. The molecule has 1 spiro atoms. The maximum atomic E-state index is 12.8. The Bertz CT molecular complexity index is 865. The van der Waals surface area contributed by atoms with Crippen LogP contribution in [0.5, 0.6) is 0 Å². The van der Waals surface area contributed by atoms with E-state index in [4.69, 9.17) is 0 Å². The summed E-state index contributed by atoms with van der Waals surface area (Å²) in [6, 6.07) is 3.72. The van der Waals surface area contributed by atoms with E-state index in [1.807, 2.05) is 12.1 Å². The van der Waals surface area contributed by atoms with Gasteiger partial charge in [0.05, 0.1) is 30.3 Å². The summed E-state index contributed by atoms with van der Waals surface area (Å²) in [5.41, 5.74) is 2.47. The fourth-order valence-electron chi connectivity index (χ4n) is 3.30. The predicted molar refractivity (Wildman–Crippen MR) is 93.1 cm³/mol. The normalized spacial score (nSPS) is 24.0. The third-order valence-corrected chi connectivity index (χ3v) is 6.43. The van der Waals surface area contributed by atoms with Gasteiger partial charge in [0.25, 0.3) is 5.91 Å². The fourth-order valence-corrected chi connectivity index (χ4v) is 5.01. The lowest BCUT2D eigenvalue weighted by molar-refractivity contribution is -0.128. The molecule has 118 valence electrons. The molecule has 8 heteroatoms. The quantitative estimate of drug-likeness (QED) is 0.541. The molecule has 1 N–H and O–H groups in total. The minimum absolute atomic E-state index is 0.103. The molecule has 2 aliphatic heterocycles. The van der Waals surface area contributed by atoms with Gasteiger partial charge in [-0.25, -0.2) is 4.98 Å². The molecule has 1 unspecified atom stereocenters. The molecular formula is C15H12IN3O3S. The first-order valence-electron chi connectivity index (χ1n) is 7.15. The summed E-state index contributed by atoms with van der Waals surface area (Å²) in [4.78, 5) is 42.4. The van der Waals surface area contributed by atoms with E-state index in [0.717, 1.165) is 13.8 Å². The number of carbonyl (C=O) groups excluding carboxylic acids is 3. The Labute approximate surface area is 149 Å². The van der Waals surface area contributed by atoms with Crippen LogP contribution < -0.4 is 5.32 Å². The molecule has 2 aliphatic rings. The van der Waals surface area contributed by atoms with Gasteiger partial charge in [-0.3, -0.25) is 19.7 Å². The van der Waals surface area contributed by atoms with E-state index < -0.39 is 5.41 Å². The SMILES string of the molecule is O=C1CC2(CCN(C(=O)c3ccc4scnc4c3I)C2)C(=O)N1. The average Bonchev–Trinajstić information content (AvgIpc) is 3.20. The standard InChI is InChI=1S/C15H12IN3O3S/c16-11-8(1-2-9-12(11)17-7-23-9)13(21)19-4-3-15(6-19)5-10(20)18-14(15)22/h1-2,7H,3-6H2,(H,18,20,22). The molecule has 2 aromatic rings. The van der Waals surface area contributed by atoms with Crippen LogP contribution in [0.15, 0.2) is 17.6 Å². The molecule has 6 nitrogen and oxygen atoms in total. The fraction of sp³-hybridized carbons (Fsp3) is 0.333. The van der Waals surface area contributed by atoms with Crippen LogP contribution in [-0.2, 0) is 9.59 Å². The van der Waals surface area contributed by atoms with Gasteiger partial charge in [-0.05, 0) is 41.1 Å². The van der Waals surface area contributed by atoms with Gasteiger partial charge in [0.2, 0.25) is 11.8 Å². The van der Waals surface area contributed by atoms with E-state index >= 15 is 0 Å². The van der Waals surface area contributed by atoms with Crippen LogP contribution in [0.4, 0.5) is 0 Å². The molecule has 0 saturated carbocycles. The number of carbonyl (C=O) groups is 3. The van der Waals surface area contributed by atoms with Gasteiger partial charge < -0.3 is 4.90 Å². The van der Waals surface area contributed by atoms with Crippen LogP contribution in [0.1, 0.15) is 23.2 Å². The molecular weight excluding hydrogens is 429 g/mol. The number of nitrogens with zero attached hydrogens (tertiary/aromatic N) is 2. The molecule has 2 saturated heterocycles. The highest BCUT2D eigenvalue weighted by molar-refractivity contribution is 14.1. The molecule has 0 radical (unpaired) electrons. The van der Waals surface area contributed by atoms with Crippen LogP contribution in [0.3, 0.4) is 0 Å². The van der Waals surface area contributed by atoms with Crippen molar-refractivity contribution >= 4 is 61.9 Å². The lowest BCUT2D eigenvalue weighted by Crippen LogP contribution is -2.36. The minimum atomic E-state index is -0.733. The van der Waals surface area contributed by atoms with Gasteiger partial charge in [0, 0.05) is 19.5 Å². The van der Waals surface area contributed by atoms with Crippen molar-refractivity contribution in [3.63, 3.8) is 0 Å². The minimum Gasteiger partial charge on any atom is -0.337 e. The van der Waals surface area contributed by atoms with E-state index in [0.29, 0.717) is 25.1 Å². The Morgan fingerprint density at radius 1 is 1.39 bits per heavy atom. The van der Waals surface area contributed by atoms with Crippen molar-refractivity contribution in [1.29, 1.82) is 0 Å². The number of fused-ring (bicyclic) bond motifs is 1. The number of thiazole rings is 1. The van der Waals surface area contributed by atoms with Crippen LogP contribution in [0.2, 0.25) is 0 Å². The maximum Gasteiger partial charge on any atom is 0.255 e. The first-order chi connectivity index (χ1) is 11.0. The first-order valence-corrected chi connectivity index (χ1v) is 9.11. The van der Waals surface area contributed by atoms with E-state index in [2.05, 4.69) is 32.9 Å². The number of halogens is 1. The number of nitrogens with one attached hydrogen (secondary N) is 1. The van der Waals surface area contributed by atoms with Crippen molar-refractivity contribution in [2.75, 3.05) is 13.1 Å². The Morgan fingerprint density at radius 3 is 2.96 bits per heavy atom. The number of aromatic nitrogens is 1. The molecule has 3 amide bonds. The summed E-state index contributed by atoms with van der Waals surface area (Å²) >= 11 is 3.69. The first kappa shape index (κ1) is 15.0. The molecule has 1 aromatic heterocycles. The van der Waals surface area contributed by atoms with E-state index in [-0.39, 0.29) is 24.1 Å². The molecule has 0 aliphatic carbocycles. The maximum absolute atomic E-state index is 12.8. The van der Waals surface area contributed by atoms with Crippen LogP contribution in [-0.4, -0.2) is 40.7 Å². The van der Waals surface area contributed by atoms with Crippen molar-refractivity contribution in [3.8, 4) is 0 Å². The zero-order valence-electron chi connectivity index (χ0n) is 12.0. The van der Waals surface area contributed by atoms with Gasteiger partial charge in [-0.2, -0.15) is 0 Å². The molecule has 4 rings (SSSR count). The second-order valence-electron chi connectivity index (χ2n) is 5.94. The van der Waals surface area contributed by atoms with E-state index in [1.54, 1.807) is 10.4 Å². The second kappa shape index (κ2) is 5.23. The molecule has 1 aromatic carbocycles. The Hall–Kier alpha value is -1.55. The molecule has 3 heterocycles. The predicted octanol–water partition coefficient (Wildman–Crippen LogP) is 1.78. The molecule has 23 heavy (non-hydrogen) atoms. The number of rotatable bonds is 1. The number of amides is 3. The highest BCUT2D eigenvalue weighted by Crippen LogP contribution is 2.38. The summed E-state index contributed by atoms with van der Waals surface area (Å²) in [6.07, 6.45) is 0.712. The highest BCUT2D eigenvalue weighted by atomic mass is 127. The Kier molecular flexibility index (Phi) is 3.41. The number of hydrogen-bond donors (Lipinski definition) is 1. The summed E-state index contributed by atoms with van der Waals surface area (Å²) in [5, 5.41) is 2.35. The van der Waals surface area contributed by atoms with Gasteiger partial charge in [-0.1, -0.05) is 0 Å². The van der Waals surface area contributed by atoms with Crippen molar-refractivity contribution in [1.82, 2.24) is 15.2 Å². The Morgan fingerprint density at radius 2 is 2.22 bits per heavy atom. The summed E-state index contributed by atoms with van der Waals surface area (Å²) in [5.74, 6) is -0.599. The van der Waals surface area contributed by atoms with Crippen molar-refractivity contribution in [3.05, 3.63) is 26.8 Å². The zero-order valence-corrected chi connectivity index (χ0v) is 14.9. The van der Waals surface area contributed by atoms with E-state index in [9.17, 15) is 14.4 Å². The second-order valence-corrected chi connectivity index (χ2v) is 7.90. The summed E-state index contributed by atoms with van der Waals surface area (Å²) < 4.78 is 1.88. The lowest BCUT2D eigenvalue weighted by Gasteiger charge is -2.21. The summed E-state index contributed by atoms with van der Waals surface area (Å²) in [7, 11) is 0. The summed E-state index contributed by atoms with van der Waals surface area (Å²) in [6.45, 7) is 0.791. The average molecular weight is 441 g/mol. The highest BCUT2D eigenvalue weighted by Gasteiger charge is 2.51. The zero-order chi connectivity index (χ0) is 16.2. The van der Waals surface area contributed by atoms with Gasteiger partial charge in [0.15, 0.2) is 0 Å². The largest absolute Gasteiger partial charge is 0.337 e.